The van der Waals surface area contributed by atoms with Crippen molar-refractivity contribution in [2.45, 2.75) is 0 Å². The van der Waals surface area contributed by atoms with Crippen LogP contribution in [-0.4, -0.2) is 19.1 Å². The first kappa shape index (κ1) is 34.9. The van der Waals surface area contributed by atoms with Crippen molar-refractivity contribution < 1.29 is 4.39 Å². The van der Waals surface area contributed by atoms with Crippen LogP contribution >= 0.6 is 0 Å². The van der Waals surface area contributed by atoms with Crippen LogP contribution in [0, 0.1) is 5.82 Å². The van der Waals surface area contributed by atoms with Crippen molar-refractivity contribution >= 4 is 54.5 Å². The summed E-state index contributed by atoms with van der Waals surface area (Å²) in [7, 11) is 0. The summed E-state index contributed by atoms with van der Waals surface area (Å²) < 4.78 is 18.8. The summed E-state index contributed by atoms with van der Waals surface area (Å²) >= 11 is 0. The van der Waals surface area contributed by atoms with Crippen LogP contribution < -0.4 is 0 Å². The van der Waals surface area contributed by atoms with Gasteiger partial charge in [-0.3, -0.25) is 0 Å². The third-order valence-corrected chi connectivity index (χ3v) is 12.0. The molecule has 0 aliphatic rings. The number of rotatable bonds is 6. The van der Waals surface area contributed by atoms with E-state index < -0.39 is 0 Å². The SMILES string of the molecule is Fc1cccc(-n2c3ccccc3c3cc(-c4ccc(-c5ccc6c(c5)c5ccccc5n6-c5ccc(-c6nc(-c7ccccc7)c7ccccc7n6)cc5)cc4)ccc32)c1. The van der Waals surface area contributed by atoms with Crippen molar-refractivity contribution in [2.75, 3.05) is 0 Å². The quantitative estimate of drug-likeness (QED) is 0.168. The van der Waals surface area contributed by atoms with Gasteiger partial charge in [-0.25, -0.2) is 14.4 Å². The zero-order valence-corrected chi connectivity index (χ0v) is 32.9. The van der Waals surface area contributed by atoms with Crippen LogP contribution in [0.5, 0.6) is 0 Å². The molecule has 0 saturated carbocycles. The molecule has 0 bridgehead atoms. The minimum Gasteiger partial charge on any atom is -0.309 e. The van der Waals surface area contributed by atoms with Gasteiger partial charge in [0.2, 0.25) is 0 Å². The molecule has 0 saturated heterocycles. The lowest BCUT2D eigenvalue weighted by Gasteiger charge is -2.11. The monoisotopic (exact) mass is 782 g/mol. The predicted octanol–water partition coefficient (Wildman–Crippen LogP) is 14.6. The first-order chi connectivity index (χ1) is 30.1. The highest BCUT2D eigenvalue weighted by Gasteiger charge is 2.17. The van der Waals surface area contributed by atoms with Crippen LogP contribution in [0.2, 0.25) is 0 Å². The maximum absolute atomic E-state index is 14.3. The van der Waals surface area contributed by atoms with Crippen LogP contribution in [0.1, 0.15) is 0 Å². The summed E-state index contributed by atoms with van der Waals surface area (Å²) in [6.07, 6.45) is 0. The van der Waals surface area contributed by atoms with E-state index in [-0.39, 0.29) is 5.82 Å². The Morgan fingerprint density at radius 2 is 0.820 bits per heavy atom. The van der Waals surface area contributed by atoms with Gasteiger partial charge in [-0.15, -0.1) is 0 Å². The molecular weight excluding hydrogens is 748 g/mol. The summed E-state index contributed by atoms with van der Waals surface area (Å²) in [4.78, 5) is 10.1. The Morgan fingerprint density at radius 3 is 1.44 bits per heavy atom. The Hall–Kier alpha value is -8.15. The largest absolute Gasteiger partial charge is 0.309 e. The maximum atomic E-state index is 14.3. The molecule has 0 aliphatic carbocycles. The fraction of sp³-hybridized carbons (Fsp3) is 0. The van der Waals surface area contributed by atoms with E-state index in [1.165, 1.54) is 16.8 Å². The zero-order valence-electron chi connectivity index (χ0n) is 32.9. The normalized spacial score (nSPS) is 11.7. The number of hydrogen-bond acceptors (Lipinski definition) is 2. The Labute approximate surface area is 351 Å². The number of benzene rings is 9. The topological polar surface area (TPSA) is 35.6 Å². The zero-order chi connectivity index (χ0) is 40.4. The van der Waals surface area contributed by atoms with Gasteiger partial charge in [-0.2, -0.15) is 0 Å². The van der Waals surface area contributed by atoms with E-state index in [9.17, 15) is 4.39 Å². The van der Waals surface area contributed by atoms with Crippen LogP contribution in [0.25, 0.3) is 111 Å². The Balaban J connectivity index is 0.889. The molecule has 9 aromatic carbocycles. The van der Waals surface area contributed by atoms with Gasteiger partial charge in [0.05, 0.1) is 33.3 Å². The number of para-hydroxylation sites is 3. The number of fused-ring (bicyclic) bond motifs is 7. The van der Waals surface area contributed by atoms with E-state index in [1.54, 1.807) is 12.1 Å². The third kappa shape index (κ3) is 5.82. The van der Waals surface area contributed by atoms with E-state index in [2.05, 4.69) is 161 Å². The van der Waals surface area contributed by atoms with Gasteiger partial charge >= 0.3 is 0 Å². The molecule has 3 aromatic heterocycles. The molecule has 0 N–H and O–H groups in total. The first-order valence-electron chi connectivity index (χ1n) is 20.5. The van der Waals surface area contributed by atoms with Crippen molar-refractivity contribution in [1.82, 2.24) is 19.1 Å². The van der Waals surface area contributed by atoms with E-state index in [0.29, 0.717) is 5.82 Å². The van der Waals surface area contributed by atoms with E-state index in [0.717, 1.165) is 94.2 Å². The van der Waals surface area contributed by atoms with Crippen molar-refractivity contribution in [3.63, 3.8) is 0 Å². The average molecular weight is 783 g/mol. The molecule has 0 atom stereocenters. The number of halogens is 1. The van der Waals surface area contributed by atoms with E-state index in [4.69, 9.17) is 9.97 Å². The highest BCUT2D eigenvalue weighted by atomic mass is 19.1. The maximum Gasteiger partial charge on any atom is 0.160 e. The Bertz CT molecular complexity index is 3640. The van der Waals surface area contributed by atoms with Crippen LogP contribution in [-0.2, 0) is 0 Å². The van der Waals surface area contributed by atoms with Gasteiger partial charge in [-0.1, -0.05) is 127 Å². The van der Waals surface area contributed by atoms with Gasteiger partial charge in [0.25, 0.3) is 0 Å². The molecule has 0 amide bonds. The second-order valence-corrected chi connectivity index (χ2v) is 15.6. The summed E-state index contributed by atoms with van der Waals surface area (Å²) in [5.41, 5.74) is 14.8. The second-order valence-electron chi connectivity index (χ2n) is 15.6. The lowest BCUT2D eigenvalue weighted by Crippen LogP contribution is -1.97. The van der Waals surface area contributed by atoms with Gasteiger partial charge < -0.3 is 9.13 Å². The van der Waals surface area contributed by atoms with Crippen molar-refractivity contribution in [2.24, 2.45) is 0 Å². The average Bonchev–Trinajstić information content (AvgIpc) is 3.84. The minimum atomic E-state index is -0.248. The molecule has 0 spiro atoms. The molecule has 5 heteroatoms. The first-order valence-corrected chi connectivity index (χ1v) is 20.5. The van der Waals surface area contributed by atoms with E-state index >= 15 is 0 Å². The fourth-order valence-electron chi connectivity index (χ4n) is 9.11. The molecule has 12 aromatic rings. The number of hydrogen-bond donors (Lipinski definition) is 0. The fourth-order valence-corrected chi connectivity index (χ4v) is 9.11. The molecule has 4 nitrogen and oxygen atoms in total. The molecular formula is C56H35FN4. The Morgan fingerprint density at radius 1 is 0.311 bits per heavy atom. The lowest BCUT2D eigenvalue weighted by molar-refractivity contribution is 0.627. The van der Waals surface area contributed by atoms with Gasteiger partial charge in [0, 0.05) is 49.4 Å². The molecule has 0 unspecified atom stereocenters. The highest BCUT2D eigenvalue weighted by molar-refractivity contribution is 6.11. The molecule has 61 heavy (non-hydrogen) atoms. The van der Waals surface area contributed by atoms with Crippen molar-refractivity contribution in [3.05, 3.63) is 218 Å². The lowest BCUT2D eigenvalue weighted by atomic mass is 9.98. The summed E-state index contributed by atoms with van der Waals surface area (Å²) in [5, 5.41) is 5.72. The second kappa shape index (κ2) is 14.0. The highest BCUT2D eigenvalue weighted by Crippen LogP contribution is 2.38. The van der Waals surface area contributed by atoms with Crippen LogP contribution in [0.3, 0.4) is 0 Å². The van der Waals surface area contributed by atoms with Crippen LogP contribution in [0.4, 0.5) is 4.39 Å². The molecule has 286 valence electrons. The van der Waals surface area contributed by atoms with Gasteiger partial charge in [0.15, 0.2) is 5.82 Å². The van der Waals surface area contributed by atoms with Gasteiger partial charge in [-0.05, 0) is 107 Å². The standard InChI is InChI=1S/C56H35FN4/c57-42-13-10-14-44(35-42)61-52-20-9-6-16-46(52)49-34-41(28-32-54(49)61)37-23-21-36(22-24-37)40-27-31-53-48(33-40)45-15-5-8-19-51(45)60(53)43-29-25-39(26-30-43)56-58-50-18-7-4-17-47(50)55(59-56)38-11-2-1-3-12-38/h1-35H. The molecule has 0 aliphatic heterocycles. The smallest absolute Gasteiger partial charge is 0.160 e. The van der Waals surface area contributed by atoms with Crippen molar-refractivity contribution in [3.8, 4) is 56.3 Å². The molecule has 0 fully saturated rings. The van der Waals surface area contributed by atoms with Gasteiger partial charge in [0.1, 0.15) is 5.82 Å². The van der Waals surface area contributed by atoms with Crippen molar-refractivity contribution in [1.29, 1.82) is 0 Å². The summed E-state index contributed by atoms with van der Waals surface area (Å²) in [5.74, 6) is 0.456. The van der Waals surface area contributed by atoms with E-state index in [1.807, 2.05) is 42.5 Å². The summed E-state index contributed by atoms with van der Waals surface area (Å²) in [6, 6.07) is 73.1. The van der Waals surface area contributed by atoms with Crippen LogP contribution in [0.15, 0.2) is 212 Å². The number of nitrogens with zero attached hydrogens (tertiary/aromatic N) is 4. The summed E-state index contributed by atoms with van der Waals surface area (Å²) in [6.45, 7) is 0. The molecule has 3 heterocycles. The molecule has 0 radical (unpaired) electrons. The molecule has 12 rings (SSSR count). The predicted molar refractivity (Wildman–Crippen MR) is 250 cm³/mol. The number of aromatic nitrogens is 4. The minimum absolute atomic E-state index is 0.248. The third-order valence-electron chi connectivity index (χ3n) is 12.0. The Kier molecular flexibility index (Phi) is 8.00.